The molecule has 1 fully saturated rings. The van der Waals surface area contributed by atoms with Gasteiger partial charge in [0.25, 0.3) is 5.91 Å². The summed E-state index contributed by atoms with van der Waals surface area (Å²) in [5, 5.41) is 2.78. The summed E-state index contributed by atoms with van der Waals surface area (Å²) < 4.78 is 16.1. The molecule has 0 aliphatic carbocycles. The number of nitrogens with one attached hydrogen (secondary N) is 1. The number of thiocarbonyl (C=S) groups is 1. The van der Waals surface area contributed by atoms with Gasteiger partial charge in [-0.1, -0.05) is 30.0 Å². The number of carbonyl (C=O) groups excluding carboxylic acids is 3. The van der Waals surface area contributed by atoms with Crippen LogP contribution in [-0.2, 0) is 14.3 Å². The lowest BCUT2D eigenvalue weighted by Gasteiger charge is -2.14. The van der Waals surface area contributed by atoms with Gasteiger partial charge in [0.15, 0.2) is 11.5 Å². The van der Waals surface area contributed by atoms with Crippen molar-refractivity contribution in [1.29, 1.82) is 0 Å². The maximum Gasteiger partial charge on any atom is 0.338 e. The average molecular weight is 499 g/mol. The van der Waals surface area contributed by atoms with Crippen LogP contribution < -0.4 is 14.8 Å². The van der Waals surface area contributed by atoms with Crippen LogP contribution in [0.5, 0.6) is 11.5 Å². The summed E-state index contributed by atoms with van der Waals surface area (Å²) >= 11 is 6.61. The number of carbonyl (C=O) groups is 3. The molecule has 176 valence electrons. The van der Waals surface area contributed by atoms with Gasteiger partial charge in [-0.15, -0.1) is 0 Å². The van der Waals surface area contributed by atoms with Gasteiger partial charge in [-0.25, -0.2) is 4.79 Å². The molecular formula is C24H22N2O6S2. The second kappa shape index (κ2) is 10.7. The molecule has 10 heteroatoms. The number of esters is 1. The van der Waals surface area contributed by atoms with Crippen LogP contribution in [0, 0.1) is 0 Å². The fourth-order valence-electron chi connectivity index (χ4n) is 3.37. The van der Waals surface area contributed by atoms with E-state index >= 15 is 0 Å². The van der Waals surface area contributed by atoms with E-state index in [2.05, 4.69) is 5.32 Å². The Morgan fingerprint density at radius 3 is 2.71 bits per heavy atom. The zero-order valence-electron chi connectivity index (χ0n) is 18.4. The molecule has 0 spiro atoms. The molecular weight excluding hydrogens is 476 g/mol. The highest BCUT2D eigenvalue weighted by Crippen LogP contribution is 2.36. The highest BCUT2D eigenvalue weighted by molar-refractivity contribution is 8.26. The molecule has 0 atom stereocenters. The summed E-state index contributed by atoms with van der Waals surface area (Å²) in [6, 6.07) is 12.0. The van der Waals surface area contributed by atoms with Crippen molar-refractivity contribution in [3.8, 4) is 11.5 Å². The number of hydrogen-bond donors (Lipinski definition) is 1. The van der Waals surface area contributed by atoms with Gasteiger partial charge in [0.1, 0.15) is 4.32 Å². The molecule has 8 nitrogen and oxygen atoms in total. The fourth-order valence-corrected chi connectivity index (χ4v) is 4.68. The molecule has 0 bridgehead atoms. The van der Waals surface area contributed by atoms with E-state index in [1.165, 1.54) is 16.7 Å². The second-order valence-electron chi connectivity index (χ2n) is 7.40. The van der Waals surface area contributed by atoms with Crippen LogP contribution in [-0.4, -0.2) is 46.9 Å². The van der Waals surface area contributed by atoms with E-state index in [-0.39, 0.29) is 25.0 Å². The number of thioether (sulfide) groups is 1. The number of rotatable bonds is 8. The molecule has 1 N–H and O–H groups in total. The fraction of sp³-hybridized carbons (Fsp3) is 0.250. The van der Waals surface area contributed by atoms with E-state index in [1.807, 2.05) is 12.1 Å². The highest BCUT2D eigenvalue weighted by Gasteiger charge is 2.31. The maximum absolute atomic E-state index is 12.8. The van der Waals surface area contributed by atoms with E-state index in [0.717, 1.165) is 5.56 Å². The van der Waals surface area contributed by atoms with Crippen molar-refractivity contribution in [3.05, 3.63) is 58.5 Å². The predicted octanol–water partition coefficient (Wildman–Crippen LogP) is 4.21. The van der Waals surface area contributed by atoms with Crippen LogP contribution in [0.4, 0.5) is 5.69 Å². The van der Waals surface area contributed by atoms with Crippen molar-refractivity contribution < 1.29 is 28.6 Å². The van der Waals surface area contributed by atoms with E-state index in [9.17, 15) is 14.4 Å². The summed E-state index contributed by atoms with van der Waals surface area (Å²) in [7, 11) is 0. The van der Waals surface area contributed by atoms with Crippen LogP contribution in [0.3, 0.4) is 0 Å². The largest absolute Gasteiger partial charge is 0.462 e. The second-order valence-corrected chi connectivity index (χ2v) is 9.07. The Bertz CT molecular complexity index is 1160. The number of hydrogen-bond acceptors (Lipinski definition) is 8. The van der Waals surface area contributed by atoms with Crippen molar-refractivity contribution in [2.24, 2.45) is 0 Å². The van der Waals surface area contributed by atoms with E-state index in [0.29, 0.717) is 51.5 Å². The van der Waals surface area contributed by atoms with Gasteiger partial charge in [0, 0.05) is 18.7 Å². The van der Waals surface area contributed by atoms with Crippen molar-refractivity contribution in [3.63, 3.8) is 0 Å². The van der Waals surface area contributed by atoms with Crippen LogP contribution in [0.25, 0.3) is 6.08 Å². The standard InChI is InChI=1S/C24H22N2O6S2/c1-2-30-23(29)16-6-8-17(9-7-16)25-21(27)4-3-11-26-22(28)20(34-24(26)33)13-15-5-10-18-19(12-15)32-14-31-18/h5-10,12-13H,2-4,11,14H2,1H3,(H,25,27). The number of nitrogens with zero attached hydrogens (tertiary/aromatic N) is 1. The number of fused-ring (bicyclic) bond motifs is 1. The number of benzene rings is 2. The zero-order chi connectivity index (χ0) is 24.1. The molecule has 2 aromatic rings. The summed E-state index contributed by atoms with van der Waals surface area (Å²) in [4.78, 5) is 38.8. The number of amides is 2. The normalized spacial score (nSPS) is 15.7. The van der Waals surface area contributed by atoms with Crippen molar-refractivity contribution >= 4 is 57.8 Å². The van der Waals surface area contributed by atoms with Crippen molar-refractivity contribution in [1.82, 2.24) is 4.90 Å². The zero-order valence-corrected chi connectivity index (χ0v) is 20.0. The first-order valence-electron chi connectivity index (χ1n) is 10.7. The minimum atomic E-state index is -0.406. The van der Waals surface area contributed by atoms with Gasteiger partial charge in [-0.05, 0) is 61.4 Å². The van der Waals surface area contributed by atoms with Crippen LogP contribution in [0.2, 0.25) is 0 Å². The summed E-state index contributed by atoms with van der Waals surface area (Å²) in [6.45, 7) is 2.57. The van der Waals surface area contributed by atoms with Gasteiger partial charge >= 0.3 is 5.97 Å². The van der Waals surface area contributed by atoms with Gasteiger partial charge in [0.05, 0.1) is 17.1 Å². The van der Waals surface area contributed by atoms with Gasteiger partial charge < -0.3 is 19.5 Å². The quantitative estimate of drug-likeness (QED) is 0.329. The van der Waals surface area contributed by atoms with Gasteiger partial charge in [0.2, 0.25) is 12.7 Å². The molecule has 4 rings (SSSR count). The van der Waals surface area contributed by atoms with Crippen LogP contribution in [0.1, 0.15) is 35.7 Å². The molecule has 1 saturated heterocycles. The van der Waals surface area contributed by atoms with Crippen molar-refractivity contribution in [2.75, 3.05) is 25.3 Å². The Labute approximate surface area is 206 Å². The van der Waals surface area contributed by atoms with Crippen LogP contribution >= 0.6 is 24.0 Å². The third-order valence-electron chi connectivity index (χ3n) is 5.03. The lowest BCUT2D eigenvalue weighted by molar-refractivity contribution is -0.122. The molecule has 0 unspecified atom stereocenters. The first kappa shape index (κ1) is 23.8. The SMILES string of the molecule is CCOC(=O)c1ccc(NC(=O)CCCN2C(=O)C(=Cc3ccc4c(c3)OCO4)SC2=S)cc1. The Balaban J connectivity index is 1.27. The molecule has 0 saturated carbocycles. The molecule has 2 amide bonds. The van der Waals surface area contributed by atoms with E-state index in [1.54, 1.807) is 43.3 Å². The average Bonchev–Trinajstić information content (AvgIpc) is 3.39. The first-order chi connectivity index (χ1) is 16.4. The van der Waals surface area contributed by atoms with E-state index in [4.69, 9.17) is 26.4 Å². The summed E-state index contributed by atoms with van der Waals surface area (Å²) in [6.07, 6.45) is 2.45. The van der Waals surface area contributed by atoms with Gasteiger partial charge in [-0.3, -0.25) is 14.5 Å². The molecule has 0 aromatic heterocycles. The van der Waals surface area contributed by atoms with Gasteiger partial charge in [-0.2, -0.15) is 0 Å². The highest BCUT2D eigenvalue weighted by atomic mass is 32.2. The molecule has 2 heterocycles. The Kier molecular flexibility index (Phi) is 7.49. The minimum absolute atomic E-state index is 0.178. The van der Waals surface area contributed by atoms with Crippen LogP contribution in [0.15, 0.2) is 47.4 Å². The van der Waals surface area contributed by atoms with E-state index < -0.39 is 5.97 Å². The third kappa shape index (κ3) is 5.57. The topological polar surface area (TPSA) is 94.2 Å². The number of ether oxygens (including phenoxy) is 3. The number of anilines is 1. The molecule has 34 heavy (non-hydrogen) atoms. The Hall–Kier alpha value is -3.37. The third-order valence-corrected chi connectivity index (χ3v) is 6.41. The Morgan fingerprint density at radius 2 is 1.94 bits per heavy atom. The minimum Gasteiger partial charge on any atom is -0.462 e. The predicted molar refractivity (Wildman–Crippen MR) is 133 cm³/mol. The lowest BCUT2D eigenvalue weighted by atomic mass is 10.2. The lowest BCUT2D eigenvalue weighted by Crippen LogP contribution is -2.29. The monoisotopic (exact) mass is 498 g/mol. The summed E-state index contributed by atoms with van der Waals surface area (Å²) in [5.41, 5.74) is 1.82. The molecule has 2 aliphatic heterocycles. The summed E-state index contributed by atoms with van der Waals surface area (Å²) in [5.74, 6) is 0.549. The maximum atomic E-state index is 12.8. The molecule has 2 aliphatic rings. The first-order valence-corrected chi connectivity index (χ1v) is 11.9. The Morgan fingerprint density at radius 1 is 1.18 bits per heavy atom. The van der Waals surface area contributed by atoms with Crippen molar-refractivity contribution in [2.45, 2.75) is 19.8 Å². The molecule has 0 radical (unpaired) electrons. The molecule has 2 aromatic carbocycles. The smallest absolute Gasteiger partial charge is 0.338 e.